The van der Waals surface area contributed by atoms with Crippen LogP contribution in [0, 0.1) is 0 Å². The maximum absolute atomic E-state index is 13.8. The number of hydrogen-bond acceptors (Lipinski definition) is 8. The maximum atomic E-state index is 13.8. The lowest BCUT2D eigenvalue weighted by Crippen LogP contribution is -2.20. The summed E-state index contributed by atoms with van der Waals surface area (Å²) in [6.07, 6.45) is 0.745. The molecule has 1 N–H and O–H groups in total. The number of carbonyl (C=O) groups excluding carboxylic acids is 1. The third kappa shape index (κ3) is 5.77. The van der Waals surface area contributed by atoms with Crippen molar-refractivity contribution < 1.29 is 33.2 Å². The molecule has 0 saturated carbocycles. The fourth-order valence-corrected chi connectivity index (χ4v) is 6.07. The molecule has 44 heavy (non-hydrogen) atoms. The minimum absolute atomic E-state index is 0.242. The second-order valence-corrected chi connectivity index (χ2v) is 10.6. The van der Waals surface area contributed by atoms with Gasteiger partial charge in [-0.15, -0.1) is 0 Å². The van der Waals surface area contributed by atoms with Gasteiger partial charge in [0.25, 0.3) is 0 Å². The monoisotopic (exact) mass is 620 g/mol. The molecule has 0 bridgehead atoms. The zero-order valence-corrected chi connectivity index (χ0v) is 26.6. The van der Waals surface area contributed by atoms with Gasteiger partial charge in [0, 0.05) is 41.5 Å². The molecule has 0 amide bonds. The summed E-state index contributed by atoms with van der Waals surface area (Å²) in [7, 11) is 8.00. The summed E-state index contributed by atoms with van der Waals surface area (Å²) in [4.78, 5) is 13.8. The smallest absolute Gasteiger partial charge is 0.340 e. The van der Waals surface area contributed by atoms with Gasteiger partial charge in [-0.2, -0.15) is 0 Å². The molecule has 0 unspecified atom stereocenters. The van der Waals surface area contributed by atoms with Crippen molar-refractivity contribution in [3.63, 3.8) is 0 Å². The van der Waals surface area contributed by atoms with Gasteiger partial charge in [0.05, 0.1) is 53.4 Å². The van der Waals surface area contributed by atoms with Gasteiger partial charge in [0.2, 0.25) is 5.75 Å². The normalized spacial score (nSPS) is 11.8. The van der Waals surface area contributed by atoms with Gasteiger partial charge in [0.1, 0.15) is 0 Å². The minimum atomic E-state index is -0.398. The summed E-state index contributed by atoms with van der Waals surface area (Å²) >= 11 is 6.48. The van der Waals surface area contributed by atoms with Crippen molar-refractivity contribution in [1.29, 1.82) is 0 Å². The lowest BCUT2D eigenvalue weighted by atomic mass is 9.93. The summed E-state index contributed by atoms with van der Waals surface area (Å²) in [5.41, 5.74) is 6.73. The van der Waals surface area contributed by atoms with Crippen molar-refractivity contribution in [1.82, 2.24) is 9.88 Å². The Hall–Kier alpha value is -4.34. The van der Waals surface area contributed by atoms with E-state index in [2.05, 4.69) is 9.88 Å². The van der Waals surface area contributed by atoms with Gasteiger partial charge >= 0.3 is 5.97 Å². The number of fused-ring (bicyclic) bond motifs is 3. The van der Waals surface area contributed by atoms with Crippen molar-refractivity contribution >= 4 is 17.6 Å². The average Bonchev–Trinajstić information content (AvgIpc) is 3.38. The van der Waals surface area contributed by atoms with Crippen molar-refractivity contribution in [2.24, 2.45) is 0 Å². The summed E-state index contributed by atoms with van der Waals surface area (Å²) in [6.45, 7) is 3.66. The van der Waals surface area contributed by atoms with E-state index in [9.17, 15) is 4.79 Å². The first-order valence-electron chi connectivity index (χ1n) is 14.3. The van der Waals surface area contributed by atoms with Gasteiger partial charge in [0.15, 0.2) is 23.0 Å². The van der Waals surface area contributed by atoms with E-state index in [0.717, 1.165) is 45.6 Å². The molecule has 5 rings (SSSR count). The van der Waals surface area contributed by atoms with Crippen LogP contribution in [0.3, 0.4) is 0 Å². The molecule has 1 aromatic heterocycles. The summed E-state index contributed by atoms with van der Waals surface area (Å²) in [6, 6.07) is 15.3. The maximum Gasteiger partial charge on any atom is 0.340 e. The van der Waals surface area contributed by atoms with Crippen LogP contribution >= 0.6 is 11.6 Å². The Kier molecular flexibility index (Phi) is 9.56. The second kappa shape index (κ2) is 13.5. The molecular weight excluding hydrogens is 584 g/mol. The molecule has 232 valence electrons. The molecule has 3 aromatic carbocycles. The highest BCUT2D eigenvalue weighted by molar-refractivity contribution is 6.31. The number of ether oxygens (including phenoxy) is 6. The number of benzene rings is 3. The Labute approximate surface area is 262 Å². The number of rotatable bonds is 12. The number of nitrogens with one attached hydrogen (secondary N) is 1. The molecule has 4 aromatic rings. The third-order valence-electron chi connectivity index (χ3n) is 7.78. The van der Waals surface area contributed by atoms with E-state index in [1.807, 2.05) is 48.5 Å². The van der Waals surface area contributed by atoms with Crippen LogP contribution in [0.4, 0.5) is 0 Å². The number of halogens is 1. The minimum Gasteiger partial charge on any atom is -0.493 e. The van der Waals surface area contributed by atoms with E-state index in [0.29, 0.717) is 59.0 Å². The van der Waals surface area contributed by atoms with E-state index in [4.69, 9.17) is 40.0 Å². The third-order valence-corrected chi connectivity index (χ3v) is 8.01. The van der Waals surface area contributed by atoms with Crippen LogP contribution in [0.2, 0.25) is 5.02 Å². The van der Waals surface area contributed by atoms with Crippen molar-refractivity contribution in [2.75, 3.05) is 42.2 Å². The predicted molar refractivity (Wildman–Crippen MR) is 170 cm³/mol. The predicted octanol–water partition coefficient (Wildman–Crippen LogP) is 6.54. The summed E-state index contributed by atoms with van der Waals surface area (Å²) < 4.78 is 35.7. The molecular formula is C34H37ClN2O7. The van der Waals surface area contributed by atoms with Crippen LogP contribution in [0.1, 0.15) is 34.1 Å². The van der Waals surface area contributed by atoms with Crippen LogP contribution in [-0.2, 0) is 30.8 Å². The van der Waals surface area contributed by atoms with Crippen LogP contribution in [0.5, 0.6) is 28.7 Å². The molecule has 1 aliphatic heterocycles. The molecule has 0 spiro atoms. The Morgan fingerprint density at radius 3 is 2.16 bits per heavy atom. The standard InChI is InChI=1S/C34H37ClN2O7/c1-7-44-34(38)31-30(22-9-8-10-23(35)15-22)25(19-36-18-20-13-28(41-4)33(43-6)29(14-20)42-5)37-12-11-21-16-26(39-2)27(40-3)17-24(21)32(31)37/h8-10,13-17,36H,7,11-12,18-19H2,1-6H3. The lowest BCUT2D eigenvalue weighted by Gasteiger charge is -2.24. The lowest BCUT2D eigenvalue weighted by molar-refractivity contribution is 0.0528. The molecule has 0 aliphatic carbocycles. The number of hydrogen-bond donors (Lipinski definition) is 1. The van der Waals surface area contributed by atoms with Crippen LogP contribution in [0.15, 0.2) is 48.5 Å². The Morgan fingerprint density at radius 1 is 0.864 bits per heavy atom. The molecule has 0 atom stereocenters. The number of methoxy groups -OCH3 is 5. The molecule has 10 heteroatoms. The van der Waals surface area contributed by atoms with E-state index in [1.54, 1.807) is 42.5 Å². The number of carbonyl (C=O) groups is 1. The first kappa shape index (κ1) is 31.1. The molecule has 0 saturated heterocycles. The molecule has 0 fully saturated rings. The zero-order chi connectivity index (χ0) is 31.4. The number of aromatic nitrogens is 1. The van der Waals surface area contributed by atoms with E-state index >= 15 is 0 Å². The van der Waals surface area contributed by atoms with Gasteiger partial charge in [-0.05, 0) is 66.4 Å². The van der Waals surface area contributed by atoms with Gasteiger partial charge in [-0.1, -0.05) is 23.7 Å². The Bertz CT molecular complexity index is 1660. The Balaban J connectivity index is 1.66. The zero-order valence-electron chi connectivity index (χ0n) is 25.8. The van der Waals surface area contributed by atoms with Crippen molar-refractivity contribution in [3.8, 4) is 51.1 Å². The van der Waals surface area contributed by atoms with E-state index in [-0.39, 0.29) is 6.61 Å². The summed E-state index contributed by atoms with van der Waals surface area (Å²) in [5, 5.41) is 4.15. The van der Waals surface area contributed by atoms with E-state index in [1.165, 1.54) is 0 Å². The highest BCUT2D eigenvalue weighted by atomic mass is 35.5. The SMILES string of the molecule is CCOC(=O)c1c(-c2cccc(Cl)c2)c(CNCc2cc(OC)c(OC)c(OC)c2)n2c1-c1cc(OC)c(OC)cc1CC2. The first-order chi connectivity index (χ1) is 21.4. The highest BCUT2D eigenvalue weighted by Gasteiger charge is 2.33. The van der Waals surface area contributed by atoms with Gasteiger partial charge < -0.3 is 38.3 Å². The first-order valence-corrected chi connectivity index (χ1v) is 14.7. The Morgan fingerprint density at radius 2 is 1.55 bits per heavy atom. The molecule has 1 aliphatic rings. The van der Waals surface area contributed by atoms with Crippen molar-refractivity contribution in [3.05, 3.63) is 75.9 Å². The number of esters is 1. The topological polar surface area (TPSA) is 89.4 Å². The average molecular weight is 621 g/mol. The quantitative estimate of drug-likeness (QED) is 0.179. The van der Waals surface area contributed by atoms with Gasteiger partial charge in [-0.3, -0.25) is 0 Å². The fraction of sp³-hybridized carbons (Fsp3) is 0.324. The van der Waals surface area contributed by atoms with Crippen LogP contribution in [-0.4, -0.2) is 52.7 Å². The number of aryl methyl sites for hydroxylation is 1. The number of nitrogens with zero attached hydrogens (tertiary/aromatic N) is 1. The van der Waals surface area contributed by atoms with Crippen LogP contribution < -0.4 is 29.0 Å². The summed E-state index contributed by atoms with van der Waals surface area (Å²) in [5.74, 6) is 2.52. The molecule has 2 heterocycles. The van der Waals surface area contributed by atoms with Crippen molar-refractivity contribution in [2.45, 2.75) is 33.0 Å². The largest absolute Gasteiger partial charge is 0.493 e. The highest BCUT2D eigenvalue weighted by Crippen LogP contribution is 2.46. The van der Waals surface area contributed by atoms with Crippen LogP contribution in [0.25, 0.3) is 22.4 Å². The molecule has 9 nitrogen and oxygen atoms in total. The van der Waals surface area contributed by atoms with E-state index < -0.39 is 5.97 Å². The molecule has 0 radical (unpaired) electrons. The fourth-order valence-electron chi connectivity index (χ4n) is 5.88. The second-order valence-electron chi connectivity index (χ2n) is 10.2. The van der Waals surface area contributed by atoms with Gasteiger partial charge in [-0.25, -0.2) is 4.79 Å².